The molecule has 176 valence electrons. The van der Waals surface area contributed by atoms with Crippen molar-refractivity contribution in [2.75, 3.05) is 24.3 Å². The zero-order chi connectivity index (χ0) is 24.5. The minimum atomic E-state index is -0.416. The van der Waals surface area contributed by atoms with Crippen LogP contribution in [0.1, 0.15) is 50.7 Å². The van der Waals surface area contributed by atoms with Gasteiger partial charge in [-0.1, -0.05) is 18.3 Å². The second kappa shape index (κ2) is 12.5. The van der Waals surface area contributed by atoms with E-state index in [1.807, 2.05) is 34.6 Å². The number of esters is 1. The Morgan fingerprint density at radius 1 is 1.31 bits per heavy atom. The summed E-state index contributed by atoms with van der Waals surface area (Å²) in [7, 11) is 1.74. The summed E-state index contributed by atoms with van der Waals surface area (Å²) in [6, 6.07) is 1.70. The van der Waals surface area contributed by atoms with Crippen LogP contribution in [-0.2, 0) is 19.1 Å². The molecule has 8 nitrogen and oxygen atoms in total. The first-order valence-electron chi connectivity index (χ1n) is 10.0. The molecular formula is C22H31N3O5S2. The van der Waals surface area contributed by atoms with Gasteiger partial charge in [-0.3, -0.25) is 14.6 Å². The van der Waals surface area contributed by atoms with E-state index in [9.17, 15) is 14.4 Å². The normalized spacial score (nSPS) is 11.6. The Morgan fingerprint density at radius 2 is 1.97 bits per heavy atom. The van der Waals surface area contributed by atoms with Gasteiger partial charge in [-0.25, -0.2) is 9.78 Å². The smallest absolute Gasteiger partial charge is 0.339 e. The van der Waals surface area contributed by atoms with E-state index in [4.69, 9.17) is 4.74 Å². The van der Waals surface area contributed by atoms with Crippen LogP contribution in [0.15, 0.2) is 18.5 Å². The second-order valence-electron chi connectivity index (χ2n) is 7.90. The molecule has 0 saturated carbocycles. The monoisotopic (exact) mass is 481 g/mol. The number of rotatable bonds is 7. The summed E-state index contributed by atoms with van der Waals surface area (Å²) in [5, 5.41) is 1.47. The Labute approximate surface area is 198 Å². The lowest BCUT2D eigenvalue weighted by Crippen LogP contribution is -2.32. The van der Waals surface area contributed by atoms with Crippen LogP contribution in [0.4, 0.5) is 5.00 Å². The number of hydrogen-bond acceptors (Lipinski definition) is 9. The number of aryl methyl sites for hydroxylation is 1. The van der Waals surface area contributed by atoms with Crippen molar-refractivity contribution >= 4 is 47.3 Å². The molecule has 0 aliphatic heterocycles. The number of thiazole rings is 1. The number of thiol groups is 1. The van der Waals surface area contributed by atoms with Crippen LogP contribution >= 0.6 is 24.0 Å². The van der Waals surface area contributed by atoms with Gasteiger partial charge in [0, 0.05) is 36.7 Å². The highest BCUT2D eigenvalue weighted by atomic mass is 32.1. The molecule has 0 fully saturated rings. The fourth-order valence-corrected chi connectivity index (χ4v) is 3.53. The van der Waals surface area contributed by atoms with Crippen LogP contribution in [0, 0.1) is 12.8 Å². The Bertz CT molecular complexity index is 925. The molecule has 32 heavy (non-hydrogen) atoms. The Kier molecular flexibility index (Phi) is 10.8. The number of hydrogen-bond donors (Lipinski definition) is 1. The van der Waals surface area contributed by atoms with Crippen LogP contribution in [-0.4, -0.2) is 53.3 Å². The third-order valence-electron chi connectivity index (χ3n) is 4.00. The number of aromatic nitrogens is 2. The van der Waals surface area contributed by atoms with Gasteiger partial charge in [0.25, 0.3) is 6.47 Å². The van der Waals surface area contributed by atoms with Gasteiger partial charge in [-0.15, -0.1) is 0 Å². The van der Waals surface area contributed by atoms with Crippen molar-refractivity contribution < 1.29 is 23.9 Å². The summed E-state index contributed by atoms with van der Waals surface area (Å²) in [5.74, 6) is -0.113. The summed E-state index contributed by atoms with van der Waals surface area (Å²) in [6.45, 7) is 11.7. The first-order valence-corrected chi connectivity index (χ1v) is 11.5. The van der Waals surface area contributed by atoms with Gasteiger partial charge in [0.05, 0.1) is 17.9 Å². The maximum atomic E-state index is 12.4. The average Bonchev–Trinajstić information content (AvgIpc) is 3.13. The third kappa shape index (κ3) is 8.23. The van der Waals surface area contributed by atoms with Crippen molar-refractivity contribution in [3.63, 3.8) is 0 Å². The van der Waals surface area contributed by atoms with Crippen molar-refractivity contribution in [1.29, 1.82) is 0 Å². The number of anilines is 1. The summed E-state index contributed by atoms with van der Waals surface area (Å²) in [4.78, 5) is 44.1. The van der Waals surface area contributed by atoms with Gasteiger partial charge in [0.2, 0.25) is 5.91 Å². The van der Waals surface area contributed by atoms with Gasteiger partial charge in [-0.2, -0.15) is 12.6 Å². The molecule has 2 heterocycles. The molecule has 1 amide bonds. The molecule has 0 radical (unpaired) electrons. The number of ether oxygens (including phenoxy) is 2. The molecule has 2 aromatic rings. The molecule has 1 atom stereocenters. The van der Waals surface area contributed by atoms with E-state index in [2.05, 4.69) is 27.3 Å². The minimum absolute atomic E-state index is 0.00769. The maximum Gasteiger partial charge on any atom is 0.339 e. The minimum Gasteiger partial charge on any atom is -0.462 e. The summed E-state index contributed by atoms with van der Waals surface area (Å²) in [6.07, 6.45) is 3.11. The lowest BCUT2D eigenvalue weighted by Gasteiger charge is -2.19. The predicted octanol–water partition coefficient (Wildman–Crippen LogP) is 4.18. The molecular weight excluding hydrogens is 450 g/mol. The fourth-order valence-electron chi connectivity index (χ4n) is 2.36. The van der Waals surface area contributed by atoms with Crippen LogP contribution in [0.2, 0.25) is 0 Å². The number of carbonyl (C=O) groups excluding carboxylic acids is 3. The van der Waals surface area contributed by atoms with E-state index in [-0.39, 0.29) is 17.4 Å². The highest BCUT2D eigenvalue weighted by molar-refractivity contribution is 7.80. The lowest BCUT2D eigenvalue weighted by atomic mass is 10.2. The molecule has 1 unspecified atom stereocenters. The Morgan fingerprint density at radius 3 is 2.47 bits per heavy atom. The number of pyridine rings is 1. The van der Waals surface area contributed by atoms with E-state index >= 15 is 0 Å². The van der Waals surface area contributed by atoms with Crippen LogP contribution in [0.3, 0.4) is 0 Å². The van der Waals surface area contributed by atoms with Gasteiger partial charge < -0.3 is 14.4 Å². The number of carbonyl (C=O) groups is 3. The SMILES string of the molecule is CC(C)(C)OC=O.CCOC(=O)c1cncc(-c2nc(C)c(N(C)C(=O)C(C)CS)s2)c1. The highest BCUT2D eigenvalue weighted by Gasteiger charge is 2.22. The molecule has 0 aromatic carbocycles. The standard InChI is InChI=1S/C17H21N3O3S2.C5H10O2/c1-5-23-17(22)13-6-12(7-18-8-13)14-19-11(3)16(25-14)20(4)15(21)10(2)9-24;1-5(2,3)7-4-6/h6-8,10,24H,5,9H2,1-4H3;4H,1-3H3. The topological polar surface area (TPSA) is 98.7 Å². The molecule has 0 aliphatic carbocycles. The number of amides is 1. The van der Waals surface area contributed by atoms with Gasteiger partial charge >= 0.3 is 5.97 Å². The van der Waals surface area contributed by atoms with Gasteiger partial charge in [0.1, 0.15) is 15.6 Å². The van der Waals surface area contributed by atoms with Gasteiger partial charge in [-0.05, 0) is 40.7 Å². The van der Waals surface area contributed by atoms with Crippen molar-refractivity contribution in [3.8, 4) is 10.6 Å². The molecule has 0 bridgehead atoms. The van der Waals surface area contributed by atoms with E-state index in [0.717, 1.165) is 10.7 Å². The molecule has 0 saturated heterocycles. The lowest BCUT2D eigenvalue weighted by molar-refractivity contribution is -0.138. The second-order valence-corrected chi connectivity index (χ2v) is 9.24. The average molecular weight is 482 g/mol. The highest BCUT2D eigenvalue weighted by Crippen LogP contribution is 2.34. The van der Waals surface area contributed by atoms with Crippen molar-refractivity contribution in [2.24, 2.45) is 5.92 Å². The van der Waals surface area contributed by atoms with Crippen molar-refractivity contribution in [3.05, 3.63) is 29.7 Å². The van der Waals surface area contributed by atoms with Crippen molar-refractivity contribution in [2.45, 2.75) is 47.1 Å². The molecule has 2 aromatic heterocycles. The zero-order valence-electron chi connectivity index (χ0n) is 19.5. The van der Waals surface area contributed by atoms with E-state index < -0.39 is 5.97 Å². The fraction of sp³-hybridized carbons (Fsp3) is 0.500. The van der Waals surface area contributed by atoms with Crippen molar-refractivity contribution in [1.82, 2.24) is 9.97 Å². The molecule has 2 rings (SSSR count). The van der Waals surface area contributed by atoms with E-state index in [0.29, 0.717) is 35.0 Å². The summed E-state index contributed by atoms with van der Waals surface area (Å²) >= 11 is 5.57. The summed E-state index contributed by atoms with van der Waals surface area (Å²) in [5.41, 5.74) is 1.53. The first-order chi connectivity index (χ1) is 14.9. The first kappa shape index (κ1) is 27.6. The maximum absolute atomic E-state index is 12.4. The summed E-state index contributed by atoms with van der Waals surface area (Å²) < 4.78 is 9.55. The molecule has 0 N–H and O–H groups in total. The van der Waals surface area contributed by atoms with E-state index in [1.54, 1.807) is 31.1 Å². The molecule has 0 spiro atoms. The largest absolute Gasteiger partial charge is 0.462 e. The molecule has 0 aliphatic rings. The zero-order valence-corrected chi connectivity index (χ0v) is 21.3. The quantitative estimate of drug-likeness (QED) is 0.360. The van der Waals surface area contributed by atoms with Gasteiger partial charge in [0.15, 0.2) is 0 Å². The number of nitrogens with zero attached hydrogens (tertiary/aromatic N) is 3. The third-order valence-corrected chi connectivity index (χ3v) is 5.83. The van der Waals surface area contributed by atoms with Crippen LogP contribution in [0.5, 0.6) is 0 Å². The van der Waals surface area contributed by atoms with Crippen LogP contribution < -0.4 is 4.90 Å². The Balaban J connectivity index is 0.000000633. The van der Waals surface area contributed by atoms with E-state index in [1.165, 1.54) is 17.5 Å². The predicted molar refractivity (Wildman–Crippen MR) is 129 cm³/mol. The Hall–Kier alpha value is -2.46. The molecule has 10 heteroatoms. The van der Waals surface area contributed by atoms with Crippen LogP contribution in [0.25, 0.3) is 10.6 Å².